The van der Waals surface area contributed by atoms with E-state index in [0.717, 1.165) is 5.69 Å². The molecular formula is C16H26N2O3. The lowest BCUT2D eigenvalue weighted by Crippen LogP contribution is -2.39. The van der Waals surface area contributed by atoms with Crippen molar-refractivity contribution in [3.8, 4) is 5.75 Å². The number of nitrogens with zero attached hydrogens (tertiary/aromatic N) is 2. The number of carbonyl (C=O) groups is 1. The van der Waals surface area contributed by atoms with Gasteiger partial charge in [-0.25, -0.2) is 0 Å². The predicted octanol–water partition coefficient (Wildman–Crippen LogP) is 2.05. The highest BCUT2D eigenvalue weighted by Gasteiger charge is 2.19. The third kappa shape index (κ3) is 4.11. The Kier molecular flexibility index (Phi) is 6.49. The predicted molar refractivity (Wildman–Crippen MR) is 84.8 cm³/mol. The molecule has 1 aromatic carbocycles. The van der Waals surface area contributed by atoms with Gasteiger partial charge < -0.3 is 19.6 Å². The van der Waals surface area contributed by atoms with Crippen LogP contribution in [0.5, 0.6) is 5.75 Å². The van der Waals surface area contributed by atoms with Gasteiger partial charge in [0.05, 0.1) is 19.8 Å². The van der Waals surface area contributed by atoms with E-state index in [1.54, 1.807) is 18.9 Å². The summed E-state index contributed by atoms with van der Waals surface area (Å²) < 4.78 is 5.31. The van der Waals surface area contributed by atoms with Gasteiger partial charge in [-0.2, -0.15) is 0 Å². The summed E-state index contributed by atoms with van der Waals surface area (Å²) in [6, 6.07) is 5.56. The maximum atomic E-state index is 12.2. The van der Waals surface area contributed by atoms with Crippen LogP contribution in [0.25, 0.3) is 0 Å². The Hall–Kier alpha value is -1.75. The molecule has 0 saturated heterocycles. The molecule has 1 aromatic rings. The van der Waals surface area contributed by atoms with E-state index in [1.807, 2.05) is 44.0 Å². The summed E-state index contributed by atoms with van der Waals surface area (Å²) >= 11 is 0. The number of aliphatic hydroxyl groups excluding tert-OH is 1. The van der Waals surface area contributed by atoms with E-state index in [0.29, 0.717) is 24.4 Å². The zero-order valence-electron chi connectivity index (χ0n) is 13.6. The van der Waals surface area contributed by atoms with Gasteiger partial charge in [0.2, 0.25) is 5.91 Å². The Balaban J connectivity index is 3.02. The second kappa shape index (κ2) is 7.88. The summed E-state index contributed by atoms with van der Waals surface area (Å²) in [5, 5.41) is 10.00. The van der Waals surface area contributed by atoms with Crippen molar-refractivity contribution >= 4 is 11.6 Å². The van der Waals surface area contributed by atoms with Crippen molar-refractivity contribution < 1.29 is 14.6 Å². The second-order valence-electron chi connectivity index (χ2n) is 4.99. The van der Waals surface area contributed by atoms with Crippen molar-refractivity contribution in [2.24, 2.45) is 0 Å². The molecule has 0 fully saturated rings. The molecule has 0 aliphatic carbocycles. The Bertz CT molecular complexity index is 471. The summed E-state index contributed by atoms with van der Waals surface area (Å²) in [4.78, 5) is 15.9. The van der Waals surface area contributed by atoms with Crippen LogP contribution in [0.1, 0.15) is 32.4 Å². The SMILES string of the molecule is CCN(CC)C(=O)CN(C)c1cccc(OC)c1[C@@H](C)O. The number of anilines is 1. The molecule has 0 aliphatic rings. The van der Waals surface area contributed by atoms with Gasteiger partial charge in [0.1, 0.15) is 5.75 Å². The number of rotatable bonds is 7. The van der Waals surface area contributed by atoms with Gasteiger partial charge in [-0.3, -0.25) is 4.79 Å². The molecule has 1 atom stereocenters. The zero-order valence-corrected chi connectivity index (χ0v) is 13.6. The van der Waals surface area contributed by atoms with Gasteiger partial charge in [0, 0.05) is 31.4 Å². The van der Waals surface area contributed by atoms with Crippen LogP contribution in [0, 0.1) is 0 Å². The van der Waals surface area contributed by atoms with Gasteiger partial charge in [0.15, 0.2) is 0 Å². The number of likely N-dealkylation sites (N-methyl/N-ethyl adjacent to an activating group) is 2. The number of benzene rings is 1. The number of amides is 1. The van der Waals surface area contributed by atoms with E-state index in [1.165, 1.54) is 0 Å². The fraction of sp³-hybridized carbons (Fsp3) is 0.562. The number of hydrogen-bond donors (Lipinski definition) is 1. The Labute approximate surface area is 127 Å². The monoisotopic (exact) mass is 294 g/mol. The number of methoxy groups -OCH3 is 1. The van der Waals surface area contributed by atoms with Crippen molar-refractivity contribution in [2.45, 2.75) is 26.9 Å². The van der Waals surface area contributed by atoms with E-state index >= 15 is 0 Å². The number of carbonyl (C=O) groups excluding carboxylic acids is 1. The molecule has 1 rings (SSSR count). The summed E-state index contributed by atoms with van der Waals surface area (Å²) in [5.41, 5.74) is 1.51. The van der Waals surface area contributed by atoms with Crippen molar-refractivity contribution in [3.05, 3.63) is 23.8 Å². The molecule has 118 valence electrons. The highest BCUT2D eigenvalue weighted by molar-refractivity contribution is 5.82. The number of hydrogen-bond acceptors (Lipinski definition) is 4. The lowest BCUT2D eigenvalue weighted by Gasteiger charge is -2.27. The average Bonchev–Trinajstić information content (AvgIpc) is 2.47. The largest absolute Gasteiger partial charge is 0.496 e. The van der Waals surface area contributed by atoms with Crippen LogP contribution in [0.2, 0.25) is 0 Å². The molecule has 0 saturated carbocycles. The Morgan fingerprint density at radius 1 is 1.33 bits per heavy atom. The van der Waals surface area contributed by atoms with Gasteiger partial charge in [-0.1, -0.05) is 6.07 Å². The molecule has 0 spiro atoms. The molecule has 0 unspecified atom stereocenters. The smallest absolute Gasteiger partial charge is 0.242 e. The van der Waals surface area contributed by atoms with Crippen LogP contribution < -0.4 is 9.64 Å². The van der Waals surface area contributed by atoms with Crippen molar-refractivity contribution in [1.29, 1.82) is 0 Å². The van der Waals surface area contributed by atoms with Crippen LogP contribution in [0.3, 0.4) is 0 Å². The maximum absolute atomic E-state index is 12.2. The lowest BCUT2D eigenvalue weighted by molar-refractivity contribution is -0.129. The van der Waals surface area contributed by atoms with Crippen molar-refractivity contribution in [2.75, 3.05) is 38.7 Å². The van der Waals surface area contributed by atoms with Crippen LogP contribution in [0.15, 0.2) is 18.2 Å². The number of ether oxygens (including phenoxy) is 1. The molecule has 0 heterocycles. The van der Waals surface area contributed by atoms with Crippen molar-refractivity contribution in [1.82, 2.24) is 4.90 Å². The zero-order chi connectivity index (χ0) is 16.0. The first-order valence-corrected chi connectivity index (χ1v) is 7.30. The normalized spacial score (nSPS) is 11.9. The first-order chi connectivity index (χ1) is 9.96. The molecule has 5 nitrogen and oxygen atoms in total. The maximum Gasteiger partial charge on any atom is 0.242 e. The molecule has 0 bridgehead atoms. The molecule has 5 heteroatoms. The molecule has 0 aliphatic heterocycles. The van der Waals surface area contributed by atoms with Crippen LogP contribution in [-0.4, -0.2) is 49.7 Å². The fourth-order valence-electron chi connectivity index (χ4n) is 2.43. The van der Waals surface area contributed by atoms with Crippen molar-refractivity contribution in [3.63, 3.8) is 0 Å². The highest BCUT2D eigenvalue weighted by atomic mass is 16.5. The molecular weight excluding hydrogens is 268 g/mol. The minimum atomic E-state index is -0.665. The summed E-state index contributed by atoms with van der Waals surface area (Å²) in [6.45, 7) is 7.30. The van der Waals surface area contributed by atoms with E-state index in [4.69, 9.17) is 4.74 Å². The number of aliphatic hydroxyl groups is 1. The van der Waals surface area contributed by atoms with Gasteiger partial charge in [-0.15, -0.1) is 0 Å². The van der Waals surface area contributed by atoms with Gasteiger partial charge in [0.25, 0.3) is 0 Å². The van der Waals surface area contributed by atoms with E-state index < -0.39 is 6.10 Å². The topological polar surface area (TPSA) is 53.0 Å². The molecule has 1 N–H and O–H groups in total. The van der Waals surface area contributed by atoms with E-state index in [9.17, 15) is 9.90 Å². The summed E-state index contributed by atoms with van der Waals surface area (Å²) in [7, 11) is 3.42. The molecule has 1 amide bonds. The quantitative estimate of drug-likeness (QED) is 0.836. The molecule has 0 radical (unpaired) electrons. The highest BCUT2D eigenvalue weighted by Crippen LogP contribution is 2.33. The van der Waals surface area contributed by atoms with Gasteiger partial charge in [-0.05, 0) is 32.9 Å². The lowest BCUT2D eigenvalue weighted by atomic mass is 10.1. The molecule has 21 heavy (non-hydrogen) atoms. The van der Waals surface area contributed by atoms with Crippen LogP contribution in [0.4, 0.5) is 5.69 Å². The van der Waals surface area contributed by atoms with E-state index in [-0.39, 0.29) is 12.5 Å². The first kappa shape index (κ1) is 17.3. The molecule has 0 aromatic heterocycles. The van der Waals surface area contributed by atoms with Crippen LogP contribution in [-0.2, 0) is 4.79 Å². The van der Waals surface area contributed by atoms with Gasteiger partial charge >= 0.3 is 0 Å². The first-order valence-electron chi connectivity index (χ1n) is 7.30. The fourth-order valence-corrected chi connectivity index (χ4v) is 2.43. The Morgan fingerprint density at radius 3 is 2.43 bits per heavy atom. The third-order valence-electron chi connectivity index (χ3n) is 3.58. The summed E-state index contributed by atoms with van der Waals surface area (Å²) in [6.07, 6.45) is -0.665. The van der Waals surface area contributed by atoms with E-state index in [2.05, 4.69) is 0 Å². The minimum absolute atomic E-state index is 0.0712. The minimum Gasteiger partial charge on any atom is -0.496 e. The second-order valence-corrected chi connectivity index (χ2v) is 4.99. The summed E-state index contributed by atoms with van der Waals surface area (Å²) in [5.74, 6) is 0.700. The standard InChI is InChI=1S/C16H26N2O3/c1-6-18(7-2)15(20)11-17(4)13-9-8-10-14(21-5)16(13)12(3)19/h8-10,12,19H,6-7,11H2,1-5H3/t12-/m1/s1. The average molecular weight is 294 g/mol. The van der Waals surface area contributed by atoms with Crippen LogP contribution >= 0.6 is 0 Å². The third-order valence-corrected chi connectivity index (χ3v) is 3.58. The Morgan fingerprint density at radius 2 is 1.95 bits per heavy atom.